The molecule has 0 saturated carbocycles. The Labute approximate surface area is 129 Å². The summed E-state index contributed by atoms with van der Waals surface area (Å²) in [7, 11) is 0. The second-order valence-corrected chi connectivity index (χ2v) is 6.84. The molecule has 0 bridgehead atoms. The second kappa shape index (κ2) is 6.54. The van der Waals surface area contributed by atoms with Gasteiger partial charge < -0.3 is 5.32 Å². The lowest BCUT2D eigenvalue weighted by Crippen LogP contribution is -2.51. The minimum absolute atomic E-state index is 0.0110. The van der Waals surface area contributed by atoms with Gasteiger partial charge in [0.25, 0.3) is 0 Å². The van der Waals surface area contributed by atoms with Gasteiger partial charge in [-0.3, -0.25) is 4.90 Å². The molecule has 20 heavy (non-hydrogen) atoms. The SMILES string of the molecule is CCNC(c1cccc(Br)c1F)C(C)(C)N1CCCC1. The summed E-state index contributed by atoms with van der Waals surface area (Å²) in [5.41, 5.74) is 0.645. The van der Waals surface area contributed by atoms with Crippen molar-refractivity contribution < 1.29 is 4.39 Å². The Kier molecular flexibility index (Phi) is 5.21. The van der Waals surface area contributed by atoms with Gasteiger partial charge in [-0.25, -0.2) is 4.39 Å². The molecule has 1 atom stereocenters. The lowest BCUT2D eigenvalue weighted by molar-refractivity contribution is 0.106. The Bertz CT molecular complexity index is 456. The molecule has 0 radical (unpaired) electrons. The minimum Gasteiger partial charge on any atom is -0.309 e. The molecule has 2 nitrogen and oxygen atoms in total. The first-order valence-corrected chi connectivity index (χ1v) is 8.20. The van der Waals surface area contributed by atoms with E-state index in [1.807, 2.05) is 12.1 Å². The Balaban J connectivity index is 2.37. The van der Waals surface area contributed by atoms with Crippen molar-refractivity contribution in [1.82, 2.24) is 10.2 Å². The average molecular weight is 343 g/mol. The zero-order valence-corrected chi connectivity index (χ0v) is 14.1. The Morgan fingerprint density at radius 2 is 2.00 bits per heavy atom. The molecular formula is C16H24BrFN2. The Hall–Kier alpha value is -0.450. The zero-order valence-electron chi connectivity index (χ0n) is 12.5. The van der Waals surface area contributed by atoms with Gasteiger partial charge in [0, 0.05) is 11.1 Å². The van der Waals surface area contributed by atoms with Crippen LogP contribution in [0.25, 0.3) is 0 Å². The monoisotopic (exact) mass is 342 g/mol. The first kappa shape index (κ1) is 15.9. The van der Waals surface area contributed by atoms with Gasteiger partial charge in [0.2, 0.25) is 0 Å². The maximum absolute atomic E-state index is 14.5. The van der Waals surface area contributed by atoms with Gasteiger partial charge in [0.05, 0.1) is 10.5 Å². The van der Waals surface area contributed by atoms with Crippen LogP contribution in [0.15, 0.2) is 22.7 Å². The van der Waals surface area contributed by atoms with E-state index in [1.54, 1.807) is 6.07 Å². The van der Waals surface area contributed by atoms with Gasteiger partial charge >= 0.3 is 0 Å². The van der Waals surface area contributed by atoms with E-state index in [0.29, 0.717) is 4.47 Å². The molecule has 0 amide bonds. The molecular weight excluding hydrogens is 319 g/mol. The van der Waals surface area contributed by atoms with Gasteiger partial charge in [0.1, 0.15) is 5.82 Å². The molecule has 1 unspecified atom stereocenters. The molecule has 0 aliphatic carbocycles. The van der Waals surface area contributed by atoms with Crippen molar-refractivity contribution in [3.63, 3.8) is 0 Å². The Morgan fingerprint density at radius 3 is 2.60 bits per heavy atom. The van der Waals surface area contributed by atoms with Gasteiger partial charge in [-0.15, -0.1) is 0 Å². The second-order valence-electron chi connectivity index (χ2n) is 5.98. The molecule has 0 spiro atoms. The molecule has 1 fully saturated rings. The number of halogens is 2. The third-order valence-corrected chi connectivity index (χ3v) is 4.94. The fourth-order valence-electron chi connectivity index (χ4n) is 3.16. The summed E-state index contributed by atoms with van der Waals surface area (Å²) in [4.78, 5) is 2.47. The van der Waals surface area contributed by atoms with E-state index in [0.717, 1.165) is 25.2 Å². The number of hydrogen-bond acceptors (Lipinski definition) is 2. The number of likely N-dealkylation sites (N-methyl/N-ethyl adjacent to an activating group) is 1. The number of nitrogens with zero attached hydrogens (tertiary/aromatic N) is 1. The van der Waals surface area contributed by atoms with Crippen LogP contribution in [0.1, 0.15) is 45.2 Å². The van der Waals surface area contributed by atoms with E-state index in [4.69, 9.17) is 0 Å². The van der Waals surface area contributed by atoms with Crippen molar-refractivity contribution in [2.24, 2.45) is 0 Å². The highest BCUT2D eigenvalue weighted by Gasteiger charge is 2.38. The first-order valence-electron chi connectivity index (χ1n) is 7.40. The number of benzene rings is 1. The zero-order chi connectivity index (χ0) is 14.8. The van der Waals surface area contributed by atoms with E-state index >= 15 is 0 Å². The largest absolute Gasteiger partial charge is 0.309 e. The normalized spacial score (nSPS) is 18.4. The maximum atomic E-state index is 14.5. The molecule has 1 aromatic carbocycles. The third-order valence-electron chi connectivity index (χ3n) is 4.33. The molecule has 112 valence electrons. The highest BCUT2D eigenvalue weighted by Crippen LogP contribution is 2.36. The van der Waals surface area contributed by atoms with Gasteiger partial charge in [-0.05, 0) is 68.3 Å². The van der Waals surface area contributed by atoms with Crippen LogP contribution in [-0.2, 0) is 0 Å². The third kappa shape index (κ3) is 3.07. The number of hydrogen-bond donors (Lipinski definition) is 1. The van der Waals surface area contributed by atoms with Gasteiger partial charge in [-0.1, -0.05) is 19.1 Å². The van der Waals surface area contributed by atoms with E-state index in [2.05, 4.69) is 46.9 Å². The number of likely N-dealkylation sites (tertiary alicyclic amines) is 1. The molecule has 4 heteroatoms. The molecule has 1 aromatic rings. The fraction of sp³-hybridized carbons (Fsp3) is 0.625. The van der Waals surface area contributed by atoms with Crippen LogP contribution in [0, 0.1) is 5.82 Å². The summed E-state index contributed by atoms with van der Waals surface area (Å²) in [6, 6.07) is 5.55. The predicted molar refractivity (Wildman–Crippen MR) is 85.4 cm³/mol. The predicted octanol–water partition coefficient (Wildman–Crippen LogP) is 4.11. The van der Waals surface area contributed by atoms with Crippen LogP contribution in [-0.4, -0.2) is 30.1 Å². The van der Waals surface area contributed by atoms with Crippen LogP contribution < -0.4 is 5.32 Å². The lowest BCUT2D eigenvalue weighted by Gasteiger charge is -2.43. The smallest absolute Gasteiger partial charge is 0.142 e. The standard InChI is InChI=1S/C16H24BrFN2/c1-4-19-15(12-8-7-9-13(17)14(12)18)16(2,3)20-10-5-6-11-20/h7-9,15,19H,4-6,10-11H2,1-3H3. The first-order chi connectivity index (χ1) is 9.48. The minimum atomic E-state index is -0.147. The van der Waals surface area contributed by atoms with E-state index in [1.165, 1.54) is 12.8 Å². The molecule has 1 heterocycles. The van der Waals surface area contributed by atoms with Gasteiger partial charge in [0.15, 0.2) is 0 Å². The van der Waals surface area contributed by atoms with Crippen molar-refractivity contribution in [3.8, 4) is 0 Å². The van der Waals surface area contributed by atoms with Crippen molar-refractivity contribution >= 4 is 15.9 Å². The molecule has 1 aliphatic rings. The van der Waals surface area contributed by atoms with E-state index < -0.39 is 0 Å². The summed E-state index contributed by atoms with van der Waals surface area (Å²) in [5.74, 6) is -0.147. The average Bonchev–Trinajstić information content (AvgIpc) is 2.94. The summed E-state index contributed by atoms with van der Waals surface area (Å²) in [6.45, 7) is 9.53. The highest BCUT2D eigenvalue weighted by atomic mass is 79.9. The van der Waals surface area contributed by atoms with Crippen LogP contribution in [0.3, 0.4) is 0 Å². The van der Waals surface area contributed by atoms with Crippen molar-refractivity contribution in [1.29, 1.82) is 0 Å². The van der Waals surface area contributed by atoms with E-state index in [-0.39, 0.29) is 17.4 Å². The van der Waals surface area contributed by atoms with Crippen LogP contribution >= 0.6 is 15.9 Å². The van der Waals surface area contributed by atoms with E-state index in [9.17, 15) is 4.39 Å². The molecule has 0 aromatic heterocycles. The lowest BCUT2D eigenvalue weighted by atomic mass is 9.86. The summed E-state index contributed by atoms with van der Waals surface area (Å²) in [6.07, 6.45) is 2.48. The number of nitrogens with one attached hydrogen (secondary N) is 1. The molecule has 1 aliphatic heterocycles. The van der Waals surface area contributed by atoms with Gasteiger partial charge in [-0.2, -0.15) is 0 Å². The Morgan fingerprint density at radius 1 is 1.35 bits per heavy atom. The van der Waals surface area contributed by atoms with Crippen LogP contribution in [0.5, 0.6) is 0 Å². The van der Waals surface area contributed by atoms with Crippen molar-refractivity contribution in [2.45, 2.75) is 45.2 Å². The summed E-state index contributed by atoms with van der Waals surface area (Å²) < 4.78 is 15.0. The molecule has 1 N–H and O–H groups in total. The topological polar surface area (TPSA) is 15.3 Å². The molecule has 1 saturated heterocycles. The maximum Gasteiger partial charge on any atom is 0.142 e. The number of rotatable bonds is 5. The van der Waals surface area contributed by atoms with Crippen LogP contribution in [0.4, 0.5) is 4.39 Å². The highest BCUT2D eigenvalue weighted by molar-refractivity contribution is 9.10. The van der Waals surface area contributed by atoms with Crippen molar-refractivity contribution in [3.05, 3.63) is 34.1 Å². The summed E-state index contributed by atoms with van der Waals surface area (Å²) >= 11 is 3.30. The van der Waals surface area contributed by atoms with Crippen LogP contribution in [0.2, 0.25) is 0 Å². The summed E-state index contributed by atoms with van der Waals surface area (Å²) in [5, 5.41) is 3.48. The quantitative estimate of drug-likeness (QED) is 0.865. The van der Waals surface area contributed by atoms with Crippen molar-refractivity contribution in [2.75, 3.05) is 19.6 Å². The molecule has 2 rings (SSSR count). The fourth-order valence-corrected chi connectivity index (χ4v) is 3.55.